The van der Waals surface area contributed by atoms with E-state index in [0.29, 0.717) is 13.1 Å². The Morgan fingerprint density at radius 1 is 1.45 bits per heavy atom. The van der Waals surface area contributed by atoms with Crippen LogP contribution in [-0.2, 0) is 9.53 Å². The number of carbonyl (C=O) groups is 1. The summed E-state index contributed by atoms with van der Waals surface area (Å²) in [6.45, 7) is 0.967. The second-order valence-corrected chi connectivity index (χ2v) is 4.96. The van der Waals surface area contributed by atoms with E-state index >= 15 is 0 Å². The van der Waals surface area contributed by atoms with E-state index in [1.807, 2.05) is 0 Å². The van der Waals surface area contributed by atoms with E-state index in [0.717, 1.165) is 25.0 Å². The molecule has 2 N–H and O–H groups in total. The molecule has 20 heavy (non-hydrogen) atoms. The maximum atomic E-state index is 13.9. The van der Waals surface area contributed by atoms with Gasteiger partial charge in [-0.2, -0.15) is 0 Å². The van der Waals surface area contributed by atoms with E-state index in [1.54, 1.807) is 4.90 Å². The lowest BCUT2D eigenvalue weighted by Gasteiger charge is -2.35. The third-order valence-corrected chi connectivity index (χ3v) is 3.55. The first-order valence-electron chi connectivity index (χ1n) is 6.56. The number of carbonyl (C=O) groups excluding carboxylic acids is 1. The number of hydrogen-bond acceptors (Lipinski definition) is 4. The standard InChI is InChI=1S/C14H18F2N2O2/c1-20-14(19)13(18-7-3-4-9(17)8-18)12-10(15)5-2-6-11(12)16/h2,5-6,9,13H,3-4,7-8,17H2,1H3. The molecule has 0 amide bonds. The summed E-state index contributed by atoms with van der Waals surface area (Å²) >= 11 is 0. The van der Waals surface area contributed by atoms with Crippen LogP contribution in [0.25, 0.3) is 0 Å². The number of halogens is 2. The van der Waals surface area contributed by atoms with Gasteiger partial charge in [0.05, 0.1) is 12.7 Å². The van der Waals surface area contributed by atoms with Crippen LogP contribution in [0.2, 0.25) is 0 Å². The van der Waals surface area contributed by atoms with Crippen LogP contribution < -0.4 is 5.73 Å². The number of ether oxygens (including phenoxy) is 1. The number of nitrogens with two attached hydrogens (primary N) is 1. The molecule has 1 aliphatic rings. The Balaban J connectivity index is 2.39. The maximum Gasteiger partial charge on any atom is 0.327 e. The molecule has 1 aromatic rings. The molecule has 6 heteroatoms. The van der Waals surface area contributed by atoms with Crippen molar-refractivity contribution < 1.29 is 18.3 Å². The lowest BCUT2D eigenvalue weighted by Crippen LogP contribution is -2.47. The van der Waals surface area contributed by atoms with Gasteiger partial charge in [-0.1, -0.05) is 6.07 Å². The predicted molar refractivity (Wildman–Crippen MR) is 69.9 cm³/mol. The van der Waals surface area contributed by atoms with Gasteiger partial charge in [0.25, 0.3) is 0 Å². The summed E-state index contributed by atoms with van der Waals surface area (Å²) in [5.41, 5.74) is 5.61. The quantitative estimate of drug-likeness (QED) is 0.857. The third kappa shape index (κ3) is 2.96. The second-order valence-electron chi connectivity index (χ2n) is 4.96. The van der Waals surface area contributed by atoms with E-state index in [2.05, 4.69) is 0 Å². The van der Waals surface area contributed by atoms with Crippen LogP contribution in [0.15, 0.2) is 18.2 Å². The van der Waals surface area contributed by atoms with E-state index < -0.39 is 23.6 Å². The molecule has 1 heterocycles. The Morgan fingerprint density at radius 2 is 2.10 bits per heavy atom. The summed E-state index contributed by atoms with van der Waals surface area (Å²) in [4.78, 5) is 13.7. The van der Waals surface area contributed by atoms with Crippen LogP contribution in [0, 0.1) is 11.6 Å². The number of methoxy groups -OCH3 is 1. The topological polar surface area (TPSA) is 55.6 Å². The predicted octanol–water partition coefficient (Wildman–Crippen LogP) is 1.60. The minimum absolute atomic E-state index is 0.106. The summed E-state index contributed by atoms with van der Waals surface area (Å²) < 4.78 is 32.6. The van der Waals surface area contributed by atoms with E-state index in [-0.39, 0.29) is 11.6 Å². The fourth-order valence-electron chi connectivity index (χ4n) is 2.61. The lowest BCUT2D eigenvalue weighted by atomic mass is 9.99. The van der Waals surface area contributed by atoms with Crippen LogP contribution in [0.1, 0.15) is 24.4 Å². The molecule has 2 atom stereocenters. The fourth-order valence-corrected chi connectivity index (χ4v) is 2.61. The number of nitrogens with zero attached hydrogens (tertiary/aromatic N) is 1. The van der Waals surface area contributed by atoms with Crippen molar-refractivity contribution in [2.45, 2.75) is 24.9 Å². The average molecular weight is 284 g/mol. The highest BCUT2D eigenvalue weighted by Crippen LogP contribution is 2.29. The van der Waals surface area contributed by atoms with Gasteiger partial charge in [0, 0.05) is 12.6 Å². The minimum atomic E-state index is -1.09. The average Bonchev–Trinajstić information content (AvgIpc) is 2.42. The van der Waals surface area contributed by atoms with Gasteiger partial charge in [-0.15, -0.1) is 0 Å². The van der Waals surface area contributed by atoms with Crippen LogP contribution in [0.3, 0.4) is 0 Å². The molecule has 4 nitrogen and oxygen atoms in total. The summed E-state index contributed by atoms with van der Waals surface area (Å²) in [6.07, 6.45) is 1.62. The van der Waals surface area contributed by atoms with Crippen LogP contribution in [-0.4, -0.2) is 37.1 Å². The minimum Gasteiger partial charge on any atom is -0.468 e. The van der Waals surface area contributed by atoms with Crippen molar-refractivity contribution in [2.75, 3.05) is 20.2 Å². The van der Waals surface area contributed by atoms with Gasteiger partial charge in [0.15, 0.2) is 0 Å². The molecule has 0 aromatic heterocycles. The van der Waals surface area contributed by atoms with Crippen molar-refractivity contribution in [1.29, 1.82) is 0 Å². The summed E-state index contributed by atoms with van der Waals surface area (Å²) in [5, 5.41) is 0. The molecule has 0 aliphatic carbocycles. The van der Waals surface area contributed by atoms with Crippen molar-refractivity contribution in [2.24, 2.45) is 5.73 Å². The lowest BCUT2D eigenvalue weighted by molar-refractivity contribution is -0.148. The number of hydrogen-bond donors (Lipinski definition) is 1. The zero-order valence-electron chi connectivity index (χ0n) is 11.3. The van der Waals surface area contributed by atoms with Crippen molar-refractivity contribution >= 4 is 5.97 Å². The van der Waals surface area contributed by atoms with Crippen molar-refractivity contribution in [1.82, 2.24) is 4.90 Å². The van der Waals surface area contributed by atoms with Crippen molar-refractivity contribution in [3.05, 3.63) is 35.4 Å². The highest BCUT2D eigenvalue weighted by Gasteiger charge is 2.35. The van der Waals surface area contributed by atoms with E-state index in [1.165, 1.54) is 13.2 Å². The zero-order chi connectivity index (χ0) is 14.7. The normalized spacial score (nSPS) is 21.5. The molecule has 0 saturated carbocycles. The van der Waals surface area contributed by atoms with Gasteiger partial charge < -0.3 is 10.5 Å². The Bertz CT molecular complexity index is 476. The first-order chi connectivity index (χ1) is 9.54. The Hall–Kier alpha value is -1.53. The Morgan fingerprint density at radius 3 is 2.65 bits per heavy atom. The number of benzene rings is 1. The van der Waals surface area contributed by atoms with Gasteiger partial charge >= 0.3 is 5.97 Å². The fraction of sp³-hybridized carbons (Fsp3) is 0.500. The van der Waals surface area contributed by atoms with Gasteiger partial charge in [-0.05, 0) is 31.5 Å². The largest absolute Gasteiger partial charge is 0.468 e. The molecule has 0 spiro atoms. The zero-order valence-corrected chi connectivity index (χ0v) is 11.3. The summed E-state index contributed by atoms with van der Waals surface area (Å²) in [5.74, 6) is -2.18. The maximum absolute atomic E-state index is 13.9. The molecule has 1 aliphatic heterocycles. The molecule has 2 unspecified atom stereocenters. The summed E-state index contributed by atoms with van der Waals surface area (Å²) in [6, 6.07) is 2.35. The van der Waals surface area contributed by atoms with Gasteiger partial charge in [-0.3, -0.25) is 4.90 Å². The van der Waals surface area contributed by atoms with Gasteiger partial charge in [0.1, 0.15) is 17.7 Å². The summed E-state index contributed by atoms with van der Waals surface area (Å²) in [7, 11) is 1.21. The number of rotatable bonds is 3. The van der Waals surface area contributed by atoms with Gasteiger partial charge in [-0.25, -0.2) is 13.6 Å². The SMILES string of the molecule is COC(=O)C(c1c(F)cccc1F)N1CCCC(N)C1. The molecule has 0 radical (unpaired) electrons. The van der Waals surface area contributed by atoms with Gasteiger partial charge in [0.2, 0.25) is 0 Å². The highest BCUT2D eigenvalue weighted by molar-refractivity contribution is 5.77. The number of likely N-dealkylation sites (tertiary alicyclic amines) is 1. The third-order valence-electron chi connectivity index (χ3n) is 3.55. The molecular formula is C14H18F2N2O2. The highest BCUT2D eigenvalue weighted by atomic mass is 19.1. The Labute approximate surface area is 116 Å². The monoisotopic (exact) mass is 284 g/mol. The van der Waals surface area contributed by atoms with Crippen molar-refractivity contribution in [3.8, 4) is 0 Å². The van der Waals surface area contributed by atoms with E-state index in [9.17, 15) is 13.6 Å². The van der Waals surface area contributed by atoms with E-state index in [4.69, 9.17) is 10.5 Å². The number of esters is 1. The van der Waals surface area contributed by atoms with Crippen LogP contribution >= 0.6 is 0 Å². The number of piperidine rings is 1. The smallest absolute Gasteiger partial charge is 0.327 e. The molecular weight excluding hydrogens is 266 g/mol. The molecule has 110 valence electrons. The molecule has 1 saturated heterocycles. The second kappa shape index (κ2) is 6.28. The van der Waals surface area contributed by atoms with Crippen LogP contribution in [0.5, 0.6) is 0 Å². The van der Waals surface area contributed by atoms with Crippen molar-refractivity contribution in [3.63, 3.8) is 0 Å². The first-order valence-corrected chi connectivity index (χ1v) is 6.56. The molecule has 1 aromatic carbocycles. The first kappa shape index (κ1) is 14.9. The Kier molecular flexibility index (Phi) is 4.67. The molecule has 0 bridgehead atoms. The molecule has 2 rings (SSSR count). The molecule has 1 fully saturated rings. The van der Waals surface area contributed by atoms with Crippen LogP contribution in [0.4, 0.5) is 8.78 Å².